The minimum atomic E-state index is -2.12. The predicted molar refractivity (Wildman–Crippen MR) is 140 cm³/mol. The van der Waals surface area contributed by atoms with Gasteiger partial charge in [-0.2, -0.15) is 0 Å². The molecule has 4 atom stereocenters. The molecule has 0 saturated carbocycles. The Labute approximate surface area is 216 Å². The number of benzene rings is 3. The van der Waals surface area contributed by atoms with Crippen molar-refractivity contribution in [3.8, 4) is 0 Å². The van der Waals surface area contributed by atoms with Crippen LogP contribution in [-0.4, -0.2) is 50.5 Å². The topological polar surface area (TPSA) is 115 Å². The van der Waals surface area contributed by atoms with Gasteiger partial charge in [0, 0.05) is 34.7 Å². The number of hydrogen-bond acceptors (Lipinski definition) is 6. The molecule has 0 spiro atoms. The van der Waals surface area contributed by atoms with Crippen LogP contribution in [-0.2, 0) is 26.5 Å². The van der Waals surface area contributed by atoms with Crippen LogP contribution in [0.2, 0.25) is 0 Å². The molecule has 3 aromatic carbocycles. The summed E-state index contributed by atoms with van der Waals surface area (Å²) in [5.74, 6) is -1.78. The lowest BCUT2D eigenvalue weighted by Gasteiger charge is -2.40. The van der Waals surface area contributed by atoms with E-state index in [1.807, 2.05) is 57.7 Å². The van der Waals surface area contributed by atoms with Gasteiger partial charge in [-0.15, -0.1) is 0 Å². The second-order valence-corrected chi connectivity index (χ2v) is 10.6. The summed E-state index contributed by atoms with van der Waals surface area (Å²) in [5, 5.41) is 29.1. The highest BCUT2D eigenvalue weighted by Gasteiger charge is 2.71. The Hall–Kier alpha value is -3.92. The number of nitrogens with one attached hydrogen (secondary N) is 1. The molecule has 1 fully saturated rings. The molecule has 2 bridgehead atoms. The number of esters is 1. The van der Waals surface area contributed by atoms with Gasteiger partial charge in [-0.1, -0.05) is 36.4 Å². The Morgan fingerprint density at radius 3 is 2.50 bits per heavy atom. The minimum absolute atomic E-state index is 0.100. The summed E-state index contributed by atoms with van der Waals surface area (Å²) in [7, 11) is 1.25. The van der Waals surface area contributed by atoms with Crippen molar-refractivity contribution in [2.24, 2.45) is 5.92 Å². The number of nitrogens with zero attached hydrogens (tertiary/aromatic N) is 2. The predicted octanol–water partition coefficient (Wildman–Crippen LogP) is 3.26. The van der Waals surface area contributed by atoms with Crippen LogP contribution >= 0.6 is 0 Å². The van der Waals surface area contributed by atoms with Gasteiger partial charge in [0.25, 0.3) is 5.91 Å². The summed E-state index contributed by atoms with van der Waals surface area (Å²) >= 11 is 0. The number of hydrogen-bond donors (Lipinski definition) is 3. The molecule has 5 aromatic rings. The number of rotatable bonds is 3. The molecule has 3 aliphatic rings. The molecule has 1 saturated heterocycles. The van der Waals surface area contributed by atoms with Crippen LogP contribution in [0.3, 0.4) is 0 Å². The Morgan fingerprint density at radius 1 is 1.11 bits per heavy atom. The number of carbonyl (C=O) groups is 2. The van der Waals surface area contributed by atoms with Gasteiger partial charge in [-0.25, -0.2) is 4.79 Å². The summed E-state index contributed by atoms with van der Waals surface area (Å²) < 4.78 is 16.0. The molecule has 192 valence electrons. The summed E-state index contributed by atoms with van der Waals surface area (Å²) in [5.41, 5.74) is 1.04. The number of ether oxygens (including phenoxy) is 2. The second-order valence-electron chi connectivity index (χ2n) is 10.6. The van der Waals surface area contributed by atoms with E-state index in [0.29, 0.717) is 12.1 Å². The molecule has 8 rings (SSSR count). The molecule has 2 aromatic heterocycles. The van der Waals surface area contributed by atoms with Gasteiger partial charge < -0.3 is 34.1 Å². The highest BCUT2D eigenvalue weighted by molar-refractivity contribution is 6.31. The first-order valence-corrected chi connectivity index (χ1v) is 12.8. The number of fused-ring (bicyclic) bond motifs is 13. The third kappa shape index (κ3) is 2.15. The van der Waals surface area contributed by atoms with Gasteiger partial charge in [0.15, 0.2) is 5.72 Å². The fourth-order valence-corrected chi connectivity index (χ4v) is 7.59. The molecule has 3 N–H and O–H groups in total. The van der Waals surface area contributed by atoms with Crippen molar-refractivity contribution in [1.29, 1.82) is 0 Å². The Balaban J connectivity index is 1.71. The second kappa shape index (κ2) is 6.93. The molecule has 38 heavy (non-hydrogen) atoms. The van der Waals surface area contributed by atoms with Gasteiger partial charge >= 0.3 is 5.97 Å². The van der Waals surface area contributed by atoms with Crippen molar-refractivity contribution in [3.05, 3.63) is 59.7 Å². The lowest BCUT2D eigenvalue weighted by Crippen LogP contribution is -2.60. The zero-order valence-corrected chi connectivity index (χ0v) is 20.8. The van der Waals surface area contributed by atoms with Crippen LogP contribution in [0.5, 0.6) is 0 Å². The third-order valence-electron chi connectivity index (χ3n) is 9.07. The van der Waals surface area contributed by atoms with Crippen LogP contribution in [0, 0.1) is 5.92 Å². The highest BCUT2D eigenvalue weighted by atomic mass is 16.6. The van der Waals surface area contributed by atoms with Crippen LogP contribution < -0.4 is 5.32 Å². The van der Waals surface area contributed by atoms with Crippen molar-refractivity contribution in [2.75, 3.05) is 13.7 Å². The number of aromatic nitrogens is 2. The normalized spacial score (nSPS) is 27.5. The molecule has 0 radical (unpaired) electrons. The fraction of sp³-hybridized carbons (Fsp3) is 0.310. The standard InChI is InChI=1S/C29H25N3O6/c1-28-29(36,27(35)37-2)17(11-12-33)26(38-28)31-18-9-5-3-7-14(18)21-22-16(13-30-25(22)34)20-15-8-4-6-10-19(15)32(28)24(20)23(21)31/h3-10,17,26,33,36H,11-13H2,1-2H3,(H,30,34)/t17-,26+,28-,29-/m0/s1. The number of amides is 1. The Kier molecular flexibility index (Phi) is 4.03. The van der Waals surface area contributed by atoms with Gasteiger partial charge in [0.05, 0.1) is 40.7 Å². The lowest BCUT2D eigenvalue weighted by atomic mass is 9.78. The van der Waals surface area contributed by atoms with E-state index in [0.717, 1.165) is 49.2 Å². The van der Waals surface area contributed by atoms with Gasteiger partial charge in [0.2, 0.25) is 5.60 Å². The SMILES string of the molecule is COC(=O)[C@@]1(O)[C@@H](CCO)[C@H]2O[C@]1(C)n1c3ccccc3c3c4c(c5c6ccccc6n2c5c31)C(=O)NC4. The maximum absolute atomic E-state index is 13.5. The Bertz CT molecular complexity index is 1900. The van der Waals surface area contributed by atoms with Crippen LogP contribution in [0.4, 0.5) is 0 Å². The van der Waals surface area contributed by atoms with Crippen LogP contribution in [0.25, 0.3) is 43.6 Å². The zero-order valence-electron chi connectivity index (χ0n) is 20.8. The number of aliphatic hydroxyl groups excluding tert-OH is 1. The first-order valence-electron chi connectivity index (χ1n) is 12.8. The van der Waals surface area contributed by atoms with E-state index in [1.54, 1.807) is 6.92 Å². The van der Waals surface area contributed by atoms with E-state index in [2.05, 4.69) is 5.32 Å². The number of carbonyl (C=O) groups excluding carboxylic acids is 2. The molecular formula is C29H25N3O6. The quantitative estimate of drug-likeness (QED) is 0.321. The summed E-state index contributed by atoms with van der Waals surface area (Å²) in [4.78, 5) is 26.9. The lowest BCUT2D eigenvalue weighted by molar-refractivity contribution is -0.205. The van der Waals surface area contributed by atoms with Gasteiger partial charge in [0.1, 0.15) is 6.23 Å². The van der Waals surface area contributed by atoms with Crippen LogP contribution in [0.15, 0.2) is 48.5 Å². The Morgan fingerprint density at radius 2 is 1.79 bits per heavy atom. The molecule has 1 amide bonds. The minimum Gasteiger partial charge on any atom is -0.467 e. The highest BCUT2D eigenvalue weighted by Crippen LogP contribution is 2.60. The monoisotopic (exact) mass is 511 g/mol. The largest absolute Gasteiger partial charge is 0.467 e. The van der Waals surface area contributed by atoms with Crippen molar-refractivity contribution in [2.45, 2.75) is 37.4 Å². The van der Waals surface area contributed by atoms with E-state index in [-0.39, 0.29) is 18.9 Å². The van der Waals surface area contributed by atoms with Gasteiger partial charge in [-0.3, -0.25) is 4.79 Å². The molecule has 5 heterocycles. The molecule has 0 aliphatic carbocycles. The summed E-state index contributed by atoms with van der Waals surface area (Å²) in [6, 6.07) is 15.6. The van der Waals surface area contributed by atoms with Crippen LogP contribution in [0.1, 0.15) is 35.5 Å². The van der Waals surface area contributed by atoms with E-state index >= 15 is 0 Å². The first-order chi connectivity index (χ1) is 18.4. The van der Waals surface area contributed by atoms with Crippen molar-refractivity contribution in [3.63, 3.8) is 0 Å². The zero-order chi connectivity index (χ0) is 26.1. The molecule has 9 nitrogen and oxygen atoms in total. The smallest absolute Gasteiger partial charge is 0.343 e. The maximum atomic E-state index is 13.5. The number of methoxy groups -OCH3 is 1. The van der Waals surface area contributed by atoms with E-state index in [4.69, 9.17) is 9.47 Å². The molecule has 3 aliphatic heterocycles. The average Bonchev–Trinajstić information content (AvgIpc) is 3.61. The van der Waals surface area contributed by atoms with Gasteiger partial charge in [-0.05, 0) is 31.0 Å². The van der Waals surface area contributed by atoms with Crippen molar-refractivity contribution >= 4 is 55.5 Å². The number of para-hydroxylation sites is 2. The van der Waals surface area contributed by atoms with Crippen molar-refractivity contribution < 1.29 is 29.3 Å². The maximum Gasteiger partial charge on any atom is 0.343 e. The molecule has 9 heteroatoms. The van der Waals surface area contributed by atoms with E-state index in [9.17, 15) is 19.8 Å². The fourth-order valence-electron chi connectivity index (χ4n) is 7.59. The summed E-state index contributed by atoms with van der Waals surface area (Å²) in [6.45, 7) is 1.84. The first kappa shape index (κ1) is 22.1. The average molecular weight is 512 g/mol. The van der Waals surface area contributed by atoms with E-state index in [1.165, 1.54) is 7.11 Å². The molecular weight excluding hydrogens is 486 g/mol. The van der Waals surface area contributed by atoms with E-state index < -0.39 is 29.4 Å². The molecule has 0 unspecified atom stereocenters. The third-order valence-corrected chi connectivity index (χ3v) is 9.07. The summed E-state index contributed by atoms with van der Waals surface area (Å²) in [6.07, 6.45) is -0.716. The van der Waals surface area contributed by atoms with Crippen molar-refractivity contribution in [1.82, 2.24) is 14.5 Å². The number of aliphatic hydroxyl groups is 2.